The lowest BCUT2D eigenvalue weighted by Gasteiger charge is -2.30. The predicted molar refractivity (Wildman–Crippen MR) is 240 cm³/mol. The number of anilines is 1. The Morgan fingerprint density at radius 3 is 1.40 bits per heavy atom. The van der Waals surface area contributed by atoms with Crippen molar-refractivity contribution >= 4 is 59.0 Å². The van der Waals surface area contributed by atoms with E-state index < -0.39 is 46.8 Å². The maximum absolute atomic E-state index is 13.4. The van der Waals surface area contributed by atoms with Crippen molar-refractivity contribution in [3.63, 3.8) is 0 Å². The molecule has 16 nitrogen and oxygen atoms in total. The molecular formula is C46H63N7O9. The largest absolute Gasteiger partial charge is 0.444 e. The molecule has 5 amide bonds. The highest BCUT2D eigenvalue weighted by molar-refractivity contribution is 6.05. The molecule has 2 aromatic carbocycles. The van der Waals surface area contributed by atoms with E-state index in [0.29, 0.717) is 50.3 Å². The highest BCUT2D eigenvalue weighted by Crippen LogP contribution is 2.28. The van der Waals surface area contributed by atoms with Gasteiger partial charge in [-0.2, -0.15) is 0 Å². The quantitative estimate of drug-likeness (QED) is 0.151. The molecule has 0 unspecified atom stereocenters. The van der Waals surface area contributed by atoms with Crippen molar-refractivity contribution in [2.45, 2.75) is 125 Å². The Bertz CT molecular complexity index is 2130. The highest BCUT2D eigenvalue weighted by atomic mass is 16.6. The number of carbonyl (C=O) groups excluding carboxylic acids is 5. The molecule has 2 aliphatic rings. The minimum atomic E-state index is -0.830. The molecule has 2 aromatic rings. The number of amides is 5. The molecule has 0 saturated heterocycles. The van der Waals surface area contributed by atoms with Gasteiger partial charge in [-0.15, -0.1) is 9.98 Å². The standard InChI is InChI=1S/C46H63N7O9/c1-29-28-33(16-19-35(29)32-22-26-53(27-23-32)38(50-41(57)61-45(8,9)10)51-42(58)62-46(11,12)13)36(54)47-34-17-14-30(15-18-34)31-20-24-52(25-21-31)37(48-39(55)59-43(2,3)4)49-40(56)60-44(5,6)7/h14-20,22,28H,21,23-27H2,1-13H3,(H,47,54)(H,48,49,55,56)(H,50,51,57,58). The molecule has 0 atom stereocenters. The molecule has 0 saturated carbocycles. The average molecular weight is 858 g/mol. The van der Waals surface area contributed by atoms with E-state index in [2.05, 4.69) is 25.9 Å². The Kier molecular flexibility index (Phi) is 15.4. The topological polar surface area (TPSA) is 190 Å². The van der Waals surface area contributed by atoms with Gasteiger partial charge in [0.25, 0.3) is 5.91 Å². The van der Waals surface area contributed by atoms with Crippen molar-refractivity contribution in [1.29, 1.82) is 0 Å². The molecule has 4 rings (SSSR count). The SMILES string of the molecule is Cc1cc(C(=O)Nc2ccc(C3=CCN(/C(=N/C(=O)OC(C)(C)C)NC(=O)OC(C)(C)C)CC3)cc2)ccc1C1=CCN(/C(=N/C(=O)OC(C)(C)C)NC(=O)OC(C)(C)C)CC1. The number of alkyl carbamates (subject to hydrolysis) is 2. The van der Waals surface area contributed by atoms with Crippen LogP contribution in [0.2, 0.25) is 0 Å². The fourth-order valence-corrected chi connectivity index (χ4v) is 6.25. The van der Waals surface area contributed by atoms with Gasteiger partial charge in [0.05, 0.1) is 0 Å². The molecule has 16 heteroatoms. The number of aryl methyl sites for hydroxylation is 1. The van der Waals surface area contributed by atoms with E-state index in [1.165, 1.54) is 0 Å². The van der Waals surface area contributed by atoms with Crippen LogP contribution < -0.4 is 16.0 Å². The van der Waals surface area contributed by atoms with Gasteiger partial charge < -0.3 is 34.1 Å². The highest BCUT2D eigenvalue weighted by Gasteiger charge is 2.27. The van der Waals surface area contributed by atoms with E-state index in [1.54, 1.807) is 99.0 Å². The van der Waals surface area contributed by atoms with E-state index in [1.807, 2.05) is 55.5 Å². The van der Waals surface area contributed by atoms with E-state index in [-0.39, 0.29) is 17.8 Å². The van der Waals surface area contributed by atoms with Crippen molar-refractivity contribution in [3.05, 3.63) is 76.9 Å². The van der Waals surface area contributed by atoms with Crippen molar-refractivity contribution in [1.82, 2.24) is 20.4 Å². The monoisotopic (exact) mass is 857 g/mol. The van der Waals surface area contributed by atoms with Gasteiger partial charge in [0.15, 0.2) is 0 Å². The smallest absolute Gasteiger partial charge is 0.437 e. The number of rotatable bonds is 4. The Morgan fingerprint density at radius 1 is 0.581 bits per heavy atom. The number of nitrogens with one attached hydrogen (secondary N) is 3. The third-order valence-corrected chi connectivity index (χ3v) is 8.77. The number of hydrogen-bond acceptors (Lipinski definition) is 9. The lowest BCUT2D eigenvalue weighted by atomic mass is 9.94. The molecule has 0 spiro atoms. The Hall–Kier alpha value is -6.19. The van der Waals surface area contributed by atoms with Crippen LogP contribution in [0, 0.1) is 6.92 Å². The zero-order chi connectivity index (χ0) is 46.2. The zero-order valence-corrected chi connectivity index (χ0v) is 38.4. The van der Waals surface area contributed by atoms with Gasteiger partial charge in [-0.1, -0.05) is 30.4 Å². The van der Waals surface area contributed by atoms with Crippen LogP contribution in [0.15, 0.2) is 64.6 Å². The summed E-state index contributed by atoms with van der Waals surface area (Å²) < 4.78 is 21.5. The molecule has 0 aliphatic carbocycles. The fraction of sp³-hybridized carbons (Fsp3) is 0.500. The molecule has 0 radical (unpaired) electrons. The first-order chi connectivity index (χ1) is 28.6. The van der Waals surface area contributed by atoms with E-state index in [9.17, 15) is 24.0 Å². The number of aliphatic imine (C=N–C) groups is 2. The van der Waals surface area contributed by atoms with Crippen LogP contribution in [0.25, 0.3) is 11.1 Å². The van der Waals surface area contributed by atoms with Gasteiger partial charge >= 0.3 is 24.4 Å². The number of hydrogen-bond donors (Lipinski definition) is 3. The third-order valence-electron chi connectivity index (χ3n) is 8.77. The number of benzene rings is 2. The van der Waals surface area contributed by atoms with Crippen LogP contribution in [0.1, 0.15) is 123 Å². The summed E-state index contributed by atoms with van der Waals surface area (Å²) in [7, 11) is 0. The molecular weight excluding hydrogens is 795 g/mol. The summed E-state index contributed by atoms with van der Waals surface area (Å²) in [6, 6.07) is 13.1. The second kappa shape index (κ2) is 19.7. The van der Waals surface area contributed by atoms with E-state index in [4.69, 9.17) is 18.9 Å². The molecule has 336 valence electrons. The summed E-state index contributed by atoms with van der Waals surface area (Å²) in [5.41, 5.74) is 3.10. The summed E-state index contributed by atoms with van der Waals surface area (Å²) >= 11 is 0. The van der Waals surface area contributed by atoms with Gasteiger partial charge in [-0.3, -0.25) is 15.4 Å². The molecule has 0 aromatic heterocycles. The molecule has 0 fully saturated rings. The molecule has 3 N–H and O–H groups in total. The van der Waals surface area contributed by atoms with Gasteiger partial charge in [0, 0.05) is 37.4 Å². The average Bonchev–Trinajstić information content (AvgIpc) is 3.11. The first-order valence-electron chi connectivity index (χ1n) is 20.7. The van der Waals surface area contributed by atoms with Gasteiger partial charge in [-0.25, -0.2) is 19.2 Å². The Balaban J connectivity index is 1.40. The molecule has 2 aliphatic heterocycles. The van der Waals surface area contributed by atoms with Crippen LogP contribution in [0.5, 0.6) is 0 Å². The first-order valence-corrected chi connectivity index (χ1v) is 20.7. The predicted octanol–water partition coefficient (Wildman–Crippen LogP) is 9.06. The van der Waals surface area contributed by atoms with Gasteiger partial charge in [-0.05, 0) is 155 Å². The fourth-order valence-electron chi connectivity index (χ4n) is 6.25. The van der Waals surface area contributed by atoms with Crippen molar-refractivity contribution in [2.24, 2.45) is 9.98 Å². The Morgan fingerprint density at radius 2 is 1.02 bits per heavy atom. The summed E-state index contributed by atoms with van der Waals surface area (Å²) in [5.74, 6) is -0.181. The number of ether oxygens (including phenoxy) is 4. The molecule has 62 heavy (non-hydrogen) atoms. The van der Waals surface area contributed by atoms with E-state index in [0.717, 1.165) is 27.8 Å². The van der Waals surface area contributed by atoms with Crippen LogP contribution in [-0.2, 0) is 18.9 Å². The minimum Gasteiger partial charge on any atom is -0.444 e. The van der Waals surface area contributed by atoms with Crippen molar-refractivity contribution < 1.29 is 42.9 Å². The van der Waals surface area contributed by atoms with Crippen LogP contribution in [0.4, 0.5) is 24.9 Å². The summed E-state index contributed by atoms with van der Waals surface area (Å²) in [6.07, 6.45) is 2.06. The Labute approximate surface area is 365 Å². The van der Waals surface area contributed by atoms with Crippen molar-refractivity contribution in [3.8, 4) is 0 Å². The third kappa shape index (κ3) is 16.0. The zero-order valence-electron chi connectivity index (χ0n) is 38.4. The maximum Gasteiger partial charge on any atom is 0.437 e. The van der Waals surface area contributed by atoms with Gasteiger partial charge in [0.2, 0.25) is 11.9 Å². The summed E-state index contributed by atoms with van der Waals surface area (Å²) in [4.78, 5) is 75.5. The normalized spacial score (nSPS) is 15.4. The van der Waals surface area contributed by atoms with Crippen molar-refractivity contribution in [2.75, 3.05) is 31.5 Å². The lowest BCUT2D eigenvalue weighted by molar-refractivity contribution is 0.0536. The molecule has 2 heterocycles. The van der Waals surface area contributed by atoms with E-state index >= 15 is 0 Å². The summed E-state index contributed by atoms with van der Waals surface area (Å²) in [6.45, 7) is 24.5. The maximum atomic E-state index is 13.4. The number of nitrogens with zero attached hydrogens (tertiary/aromatic N) is 4. The van der Waals surface area contributed by atoms with Crippen LogP contribution in [-0.4, -0.2) is 101 Å². The minimum absolute atomic E-state index is 0.0353. The summed E-state index contributed by atoms with van der Waals surface area (Å²) in [5, 5.41) is 8.21. The molecule has 0 bridgehead atoms. The number of guanidine groups is 2. The van der Waals surface area contributed by atoms with Gasteiger partial charge in [0.1, 0.15) is 22.4 Å². The first kappa shape index (κ1) is 48.5. The lowest BCUT2D eigenvalue weighted by Crippen LogP contribution is -2.48. The van der Waals surface area contributed by atoms with Crippen LogP contribution in [0.3, 0.4) is 0 Å². The van der Waals surface area contributed by atoms with Crippen LogP contribution >= 0.6 is 0 Å². The second-order valence-electron chi connectivity index (χ2n) is 19.0. The number of carbonyl (C=O) groups is 5. The second-order valence-corrected chi connectivity index (χ2v) is 19.0.